The summed E-state index contributed by atoms with van der Waals surface area (Å²) in [6, 6.07) is 15.7. The van der Waals surface area contributed by atoms with Crippen LogP contribution in [0.5, 0.6) is 0 Å². The largest absolute Gasteiger partial charge is 0.478 e. The van der Waals surface area contributed by atoms with E-state index >= 15 is 0 Å². The summed E-state index contributed by atoms with van der Waals surface area (Å²) in [5.74, 6) is -5.35. The van der Waals surface area contributed by atoms with Gasteiger partial charge in [0.2, 0.25) is 0 Å². The molecule has 1 aromatic heterocycles. The zero-order chi connectivity index (χ0) is 25.2. The van der Waals surface area contributed by atoms with E-state index in [0.29, 0.717) is 11.6 Å². The fourth-order valence-corrected chi connectivity index (χ4v) is 3.84. The van der Waals surface area contributed by atoms with E-state index in [1.54, 1.807) is 0 Å². The molecule has 34 heavy (non-hydrogen) atoms. The van der Waals surface area contributed by atoms with Crippen LogP contribution >= 0.6 is 0 Å². The van der Waals surface area contributed by atoms with Crippen LogP contribution in [0.15, 0.2) is 74.8 Å². The lowest BCUT2D eigenvalue weighted by Crippen LogP contribution is -2.15. The zero-order valence-corrected chi connectivity index (χ0v) is 17.6. The first-order chi connectivity index (χ1) is 15.9. The highest BCUT2D eigenvalue weighted by Gasteiger charge is 2.27. The Morgan fingerprint density at radius 1 is 0.706 bits per heavy atom. The number of rotatable bonds is 4. The highest BCUT2D eigenvalue weighted by Crippen LogP contribution is 2.24. The number of benzene rings is 3. The van der Waals surface area contributed by atoms with Crippen LogP contribution < -0.4 is 5.63 Å². The molecule has 4 rings (SSSR count). The maximum absolute atomic E-state index is 11.1. The molecule has 0 unspecified atom stereocenters. The van der Waals surface area contributed by atoms with Gasteiger partial charge >= 0.3 is 23.5 Å². The van der Waals surface area contributed by atoms with Crippen molar-refractivity contribution in [1.82, 2.24) is 0 Å². The summed E-state index contributed by atoms with van der Waals surface area (Å²) < 4.78 is 35.9. The van der Waals surface area contributed by atoms with E-state index in [-0.39, 0.29) is 11.7 Å². The van der Waals surface area contributed by atoms with Gasteiger partial charge in [-0.15, -0.1) is 0 Å². The van der Waals surface area contributed by atoms with E-state index in [9.17, 15) is 27.6 Å². The van der Waals surface area contributed by atoms with Crippen LogP contribution in [-0.2, 0) is 10.1 Å². The first-order valence-corrected chi connectivity index (χ1v) is 10.6. The molecule has 0 spiro atoms. The smallest absolute Gasteiger partial charge is 0.337 e. The molecule has 0 radical (unpaired) electrons. The third-order valence-electron chi connectivity index (χ3n) is 4.62. The number of fused-ring (bicyclic) bond motifs is 3. The minimum absolute atomic E-state index is 0.282. The van der Waals surface area contributed by atoms with E-state index in [4.69, 9.17) is 24.3 Å². The van der Waals surface area contributed by atoms with Gasteiger partial charge in [-0.3, -0.25) is 4.55 Å². The Morgan fingerprint density at radius 3 is 1.88 bits per heavy atom. The van der Waals surface area contributed by atoms with Gasteiger partial charge in [-0.1, -0.05) is 30.3 Å². The van der Waals surface area contributed by atoms with Crippen LogP contribution in [0.1, 0.15) is 31.1 Å². The number of hydrogen-bond donors (Lipinski definition) is 4. The predicted molar refractivity (Wildman–Crippen MR) is 117 cm³/mol. The number of hydrogen-bond acceptors (Lipinski definition) is 7. The number of carboxylic acid groups (broad SMARTS) is 3. The van der Waals surface area contributed by atoms with Gasteiger partial charge in [0.1, 0.15) is 10.5 Å². The van der Waals surface area contributed by atoms with Gasteiger partial charge in [-0.2, -0.15) is 8.42 Å². The molecule has 12 heteroatoms. The third kappa shape index (κ3) is 4.92. The van der Waals surface area contributed by atoms with Gasteiger partial charge in [0.15, 0.2) is 0 Å². The molecule has 11 nitrogen and oxygen atoms in total. The summed E-state index contributed by atoms with van der Waals surface area (Å²) in [6.07, 6.45) is 0. The second kappa shape index (κ2) is 9.13. The second-order valence-electron chi connectivity index (χ2n) is 6.74. The topological polar surface area (TPSA) is 196 Å². The number of aromatic carboxylic acids is 3. The van der Waals surface area contributed by atoms with Crippen LogP contribution in [0.2, 0.25) is 0 Å². The Balaban J connectivity index is 0.000000195. The van der Waals surface area contributed by atoms with Crippen LogP contribution in [0, 0.1) is 0 Å². The second-order valence-corrected chi connectivity index (χ2v) is 8.13. The van der Waals surface area contributed by atoms with E-state index in [0.717, 1.165) is 16.2 Å². The maximum Gasteiger partial charge on any atom is 0.337 e. The van der Waals surface area contributed by atoms with Crippen LogP contribution in [0.25, 0.3) is 21.7 Å². The fraction of sp³-hybridized carbons (Fsp3) is 0. The average molecular weight is 486 g/mol. The van der Waals surface area contributed by atoms with Gasteiger partial charge in [0.25, 0.3) is 10.1 Å². The van der Waals surface area contributed by atoms with Gasteiger partial charge < -0.3 is 19.7 Å². The minimum Gasteiger partial charge on any atom is -0.478 e. The Bertz CT molecular complexity index is 1630. The summed E-state index contributed by atoms with van der Waals surface area (Å²) in [7, 11) is -5.01. The minimum atomic E-state index is -5.01. The molecule has 0 atom stereocenters. The lowest BCUT2D eigenvalue weighted by molar-refractivity contribution is 0.0648. The fourth-order valence-electron chi connectivity index (χ4n) is 3.14. The molecule has 0 bridgehead atoms. The molecule has 1 heterocycles. The Morgan fingerprint density at radius 2 is 1.29 bits per heavy atom. The highest BCUT2D eigenvalue weighted by atomic mass is 32.2. The first kappa shape index (κ1) is 24.1. The number of carboxylic acids is 3. The van der Waals surface area contributed by atoms with Crippen molar-refractivity contribution in [3.8, 4) is 0 Å². The summed E-state index contributed by atoms with van der Waals surface area (Å²) in [5, 5.41) is 29.5. The van der Waals surface area contributed by atoms with Crippen molar-refractivity contribution in [2.75, 3.05) is 0 Å². The van der Waals surface area contributed by atoms with Gasteiger partial charge in [-0.25, -0.2) is 19.2 Å². The standard InChI is InChI=1S/C13H8O2.C9H6O9S/c14-13-8-6-11-10-4-2-1-3-9(10)5-7-12(11)15-13;10-7(11)3-1-5(9(14)15)6(19(16,17)18)2-4(3)8(12)13/h1-8H;1-2H,(H,10,11)(H,12,13)(H,14,15)(H,16,17,18). The molecule has 3 aromatic carbocycles. The number of carbonyl (C=O) groups is 3. The van der Waals surface area contributed by atoms with Crippen molar-refractivity contribution in [3.63, 3.8) is 0 Å². The van der Waals surface area contributed by atoms with E-state index in [2.05, 4.69) is 0 Å². The average Bonchev–Trinajstić information content (AvgIpc) is 2.77. The molecule has 0 aliphatic rings. The van der Waals surface area contributed by atoms with Crippen molar-refractivity contribution in [3.05, 3.63) is 87.8 Å². The molecule has 0 aliphatic heterocycles. The monoisotopic (exact) mass is 486 g/mol. The molecular formula is C22H14O11S. The molecule has 0 saturated carbocycles. The molecule has 174 valence electrons. The Kier molecular flexibility index (Phi) is 6.47. The molecule has 0 saturated heterocycles. The lowest BCUT2D eigenvalue weighted by Gasteiger charge is -2.07. The Hall–Kier alpha value is -4.55. The first-order valence-electron chi connectivity index (χ1n) is 9.17. The molecule has 4 N–H and O–H groups in total. The summed E-state index contributed by atoms with van der Waals surface area (Å²) in [4.78, 5) is 42.3. The van der Waals surface area contributed by atoms with Gasteiger partial charge in [-0.05, 0) is 35.0 Å². The van der Waals surface area contributed by atoms with Crippen molar-refractivity contribution in [1.29, 1.82) is 0 Å². The van der Waals surface area contributed by atoms with Crippen LogP contribution in [-0.4, -0.2) is 46.2 Å². The predicted octanol–water partition coefficient (Wildman–Crippen LogP) is 2.97. The summed E-state index contributed by atoms with van der Waals surface area (Å²) in [6.45, 7) is 0. The molecule has 0 amide bonds. The quantitative estimate of drug-likeness (QED) is 0.188. The van der Waals surface area contributed by atoms with E-state index < -0.39 is 49.6 Å². The lowest BCUT2D eigenvalue weighted by atomic mass is 10.0. The maximum atomic E-state index is 11.1. The van der Waals surface area contributed by atoms with Crippen LogP contribution in [0.3, 0.4) is 0 Å². The molecule has 4 aromatic rings. The van der Waals surface area contributed by atoms with Gasteiger partial charge in [0, 0.05) is 11.5 Å². The van der Waals surface area contributed by atoms with Crippen molar-refractivity contribution in [2.45, 2.75) is 4.90 Å². The molecular weight excluding hydrogens is 472 g/mol. The Labute approximate surface area is 189 Å². The van der Waals surface area contributed by atoms with E-state index in [1.807, 2.05) is 42.5 Å². The normalized spacial score (nSPS) is 11.0. The third-order valence-corrected chi connectivity index (χ3v) is 5.51. The van der Waals surface area contributed by atoms with Crippen LogP contribution in [0.4, 0.5) is 0 Å². The van der Waals surface area contributed by atoms with Crippen molar-refractivity contribution in [2.24, 2.45) is 0 Å². The highest BCUT2D eigenvalue weighted by molar-refractivity contribution is 7.86. The van der Waals surface area contributed by atoms with E-state index in [1.165, 1.54) is 6.07 Å². The summed E-state index contributed by atoms with van der Waals surface area (Å²) >= 11 is 0. The SMILES string of the molecule is O=C(O)c1cc(C(=O)O)c(S(=O)(=O)O)cc1C(=O)O.O=c1ccc2c(ccc3ccccc32)o1. The molecule has 0 aliphatic carbocycles. The van der Waals surface area contributed by atoms with Gasteiger partial charge in [0.05, 0.1) is 16.7 Å². The van der Waals surface area contributed by atoms with Crippen molar-refractivity contribution >= 4 is 49.8 Å². The molecule has 0 fully saturated rings. The summed E-state index contributed by atoms with van der Waals surface area (Å²) in [5.41, 5.74) is -2.56. The van der Waals surface area contributed by atoms with Crippen molar-refractivity contribution < 1.29 is 47.1 Å². The zero-order valence-electron chi connectivity index (χ0n) is 16.8.